The molecule has 0 spiro atoms. The molecular weight excluding hydrogens is 529 g/mol. The maximum atomic E-state index is 14.9. The molecule has 0 saturated heterocycles. The lowest BCUT2D eigenvalue weighted by atomic mass is 9.88. The lowest BCUT2D eigenvalue weighted by molar-refractivity contribution is 0.0955. The van der Waals surface area contributed by atoms with Crippen LogP contribution >= 0.6 is 31.9 Å². The van der Waals surface area contributed by atoms with Crippen LogP contribution in [0.3, 0.4) is 0 Å². The summed E-state index contributed by atoms with van der Waals surface area (Å²) in [6, 6.07) is 6.25. The first-order valence-corrected chi connectivity index (χ1v) is 11.5. The number of phenols is 1. The van der Waals surface area contributed by atoms with Gasteiger partial charge >= 0.3 is 0 Å². The van der Waals surface area contributed by atoms with Gasteiger partial charge in [-0.25, -0.2) is 9.82 Å². The molecule has 0 aliphatic carbocycles. The van der Waals surface area contributed by atoms with Crippen molar-refractivity contribution in [2.45, 2.75) is 39.7 Å². The van der Waals surface area contributed by atoms with Crippen molar-refractivity contribution >= 4 is 55.2 Å². The van der Waals surface area contributed by atoms with Gasteiger partial charge in [-0.05, 0) is 88.9 Å². The maximum absolute atomic E-state index is 14.9. The van der Waals surface area contributed by atoms with Crippen molar-refractivity contribution in [3.8, 4) is 5.75 Å². The highest BCUT2D eigenvalue weighted by Gasteiger charge is 2.31. The Morgan fingerprint density at radius 3 is 2.52 bits per heavy atom. The lowest BCUT2D eigenvalue weighted by Crippen LogP contribution is -2.45. The first-order valence-electron chi connectivity index (χ1n) is 9.87. The number of hydrogen-bond acceptors (Lipinski definition) is 4. The molecule has 2 N–H and O–H groups in total. The molecule has 3 rings (SSSR count). The van der Waals surface area contributed by atoms with E-state index in [0.29, 0.717) is 8.95 Å². The van der Waals surface area contributed by atoms with Crippen LogP contribution < -0.4 is 10.3 Å². The van der Waals surface area contributed by atoms with E-state index in [1.54, 1.807) is 12.1 Å². The van der Waals surface area contributed by atoms with Gasteiger partial charge in [0.05, 0.1) is 20.7 Å². The largest absolute Gasteiger partial charge is 0.506 e. The third kappa shape index (κ3) is 4.85. The molecule has 0 saturated carbocycles. The van der Waals surface area contributed by atoms with Crippen LogP contribution in [0, 0.1) is 5.82 Å². The van der Waals surface area contributed by atoms with E-state index in [1.807, 2.05) is 6.92 Å². The van der Waals surface area contributed by atoms with Gasteiger partial charge in [0.25, 0.3) is 5.91 Å². The highest BCUT2D eigenvalue weighted by atomic mass is 79.9. The molecule has 0 bridgehead atoms. The number of hydrogen-bond donors (Lipinski definition) is 2. The number of amides is 1. The van der Waals surface area contributed by atoms with E-state index < -0.39 is 11.7 Å². The highest BCUT2D eigenvalue weighted by Crippen LogP contribution is 2.40. The summed E-state index contributed by atoms with van der Waals surface area (Å²) in [4.78, 5) is 14.6. The summed E-state index contributed by atoms with van der Waals surface area (Å²) in [5.74, 6) is -0.888. The number of aromatic hydroxyl groups is 1. The van der Waals surface area contributed by atoms with Crippen LogP contribution in [0.25, 0.3) is 5.57 Å². The number of rotatable bonds is 5. The fourth-order valence-electron chi connectivity index (χ4n) is 3.77. The SMILES string of the molecule is CCCN1c2cc(F)c(/C=N\NC(=O)c3cc(Br)c(O)c(Br)c3)cc2C(C)=CC1(C)C. The third-order valence-electron chi connectivity index (χ3n) is 5.19. The minimum atomic E-state index is -0.483. The number of hydrazone groups is 1. The van der Waals surface area contributed by atoms with Crippen LogP contribution in [0.4, 0.5) is 10.1 Å². The normalized spacial score (nSPS) is 15.1. The second kappa shape index (κ2) is 9.12. The van der Waals surface area contributed by atoms with Crippen LogP contribution in [-0.4, -0.2) is 29.3 Å². The minimum absolute atomic E-state index is 0.0000920. The molecule has 1 aliphatic heterocycles. The van der Waals surface area contributed by atoms with Gasteiger partial charge in [0, 0.05) is 28.9 Å². The van der Waals surface area contributed by atoms with Gasteiger partial charge in [-0.1, -0.05) is 13.0 Å². The summed E-state index contributed by atoms with van der Waals surface area (Å²) >= 11 is 6.37. The summed E-state index contributed by atoms with van der Waals surface area (Å²) in [7, 11) is 0. The topological polar surface area (TPSA) is 64.9 Å². The molecule has 1 aliphatic rings. The fraction of sp³-hybridized carbons (Fsp3) is 0.304. The maximum Gasteiger partial charge on any atom is 0.271 e. The lowest BCUT2D eigenvalue weighted by Gasteiger charge is -2.43. The van der Waals surface area contributed by atoms with Crippen molar-refractivity contribution in [1.82, 2.24) is 5.43 Å². The van der Waals surface area contributed by atoms with Gasteiger partial charge < -0.3 is 10.0 Å². The van der Waals surface area contributed by atoms with Crippen LogP contribution in [0.15, 0.2) is 44.4 Å². The van der Waals surface area contributed by atoms with E-state index in [1.165, 1.54) is 18.3 Å². The summed E-state index contributed by atoms with van der Waals surface area (Å²) in [5, 5.41) is 13.7. The number of carbonyl (C=O) groups is 1. The van der Waals surface area contributed by atoms with Crippen LogP contribution in [0.2, 0.25) is 0 Å². The van der Waals surface area contributed by atoms with Crippen LogP contribution in [-0.2, 0) is 0 Å². The van der Waals surface area contributed by atoms with Crippen molar-refractivity contribution in [3.63, 3.8) is 0 Å². The van der Waals surface area contributed by atoms with Gasteiger partial charge in [0.15, 0.2) is 0 Å². The second-order valence-electron chi connectivity index (χ2n) is 8.01. The average Bonchev–Trinajstić information content (AvgIpc) is 2.69. The summed E-state index contributed by atoms with van der Waals surface area (Å²) in [5.41, 5.74) is 5.67. The second-order valence-corrected chi connectivity index (χ2v) is 9.72. The van der Waals surface area contributed by atoms with Gasteiger partial charge in [-0.15, -0.1) is 0 Å². The number of benzene rings is 2. The van der Waals surface area contributed by atoms with E-state index in [9.17, 15) is 14.3 Å². The quantitative estimate of drug-likeness (QED) is 0.341. The predicted octanol–water partition coefficient (Wildman–Crippen LogP) is 6.23. The van der Waals surface area contributed by atoms with Gasteiger partial charge in [0.2, 0.25) is 0 Å². The van der Waals surface area contributed by atoms with Crippen LogP contribution in [0.5, 0.6) is 5.75 Å². The van der Waals surface area contributed by atoms with Crippen LogP contribution in [0.1, 0.15) is 55.6 Å². The summed E-state index contributed by atoms with van der Waals surface area (Å²) < 4.78 is 15.6. The first-order chi connectivity index (χ1) is 14.5. The molecule has 0 radical (unpaired) electrons. The molecule has 5 nitrogen and oxygen atoms in total. The molecule has 1 amide bonds. The van der Waals surface area contributed by atoms with Gasteiger partial charge in [0.1, 0.15) is 11.6 Å². The van der Waals surface area contributed by atoms with Crippen molar-refractivity contribution in [1.29, 1.82) is 0 Å². The molecule has 0 unspecified atom stereocenters. The van der Waals surface area contributed by atoms with Crippen molar-refractivity contribution in [3.05, 3.63) is 61.8 Å². The molecular formula is C23H24Br2FN3O2. The van der Waals surface area contributed by atoms with E-state index in [0.717, 1.165) is 29.8 Å². The Morgan fingerprint density at radius 1 is 1.26 bits per heavy atom. The van der Waals surface area contributed by atoms with Crippen molar-refractivity contribution in [2.75, 3.05) is 11.4 Å². The Labute approximate surface area is 198 Å². The number of nitrogens with zero attached hydrogens (tertiary/aromatic N) is 2. The molecule has 1 heterocycles. The summed E-state index contributed by atoms with van der Waals surface area (Å²) in [6.45, 7) is 9.19. The number of nitrogens with one attached hydrogen (secondary N) is 1. The van der Waals surface area contributed by atoms with E-state index >= 15 is 0 Å². The van der Waals surface area contributed by atoms with Crippen molar-refractivity contribution in [2.24, 2.45) is 5.10 Å². The highest BCUT2D eigenvalue weighted by molar-refractivity contribution is 9.11. The van der Waals surface area contributed by atoms with E-state index in [-0.39, 0.29) is 22.4 Å². The molecule has 31 heavy (non-hydrogen) atoms. The zero-order chi connectivity index (χ0) is 22.9. The number of phenolic OH excluding ortho intramolecular Hbond substituents is 1. The Balaban J connectivity index is 1.86. The van der Waals surface area contributed by atoms with E-state index in [2.05, 4.69) is 74.1 Å². The number of carbonyl (C=O) groups excluding carboxylic acids is 1. The Bertz CT molecular complexity index is 1070. The standard InChI is InChI=1S/C23H24Br2FN3O2/c1-5-6-29-20-10-19(26)15(7-16(20)13(2)11-23(29,3)4)12-27-28-22(31)14-8-17(24)21(30)18(25)9-14/h7-12,30H,5-6H2,1-4H3,(H,28,31)/b27-12-. The molecule has 2 aromatic rings. The van der Waals surface area contributed by atoms with Gasteiger partial charge in [-0.2, -0.15) is 5.10 Å². The Hall–Kier alpha value is -2.19. The predicted molar refractivity (Wildman–Crippen MR) is 130 cm³/mol. The molecule has 0 aromatic heterocycles. The number of anilines is 1. The first kappa shape index (κ1) is 23.5. The molecule has 0 fully saturated rings. The zero-order valence-electron chi connectivity index (χ0n) is 17.8. The summed E-state index contributed by atoms with van der Waals surface area (Å²) in [6.07, 6.45) is 4.44. The average molecular weight is 553 g/mol. The zero-order valence-corrected chi connectivity index (χ0v) is 20.9. The number of halogens is 3. The smallest absolute Gasteiger partial charge is 0.271 e. The van der Waals surface area contributed by atoms with Crippen molar-refractivity contribution < 1.29 is 14.3 Å². The Kier molecular flexibility index (Phi) is 6.91. The molecule has 8 heteroatoms. The number of allylic oxidation sites excluding steroid dienone is 1. The monoisotopic (exact) mass is 551 g/mol. The third-order valence-corrected chi connectivity index (χ3v) is 6.40. The fourth-order valence-corrected chi connectivity index (χ4v) is 4.95. The van der Waals surface area contributed by atoms with E-state index in [4.69, 9.17) is 0 Å². The molecule has 164 valence electrons. The Morgan fingerprint density at radius 2 is 1.90 bits per heavy atom. The van der Waals surface area contributed by atoms with Gasteiger partial charge in [-0.3, -0.25) is 4.79 Å². The number of fused-ring (bicyclic) bond motifs is 1. The minimum Gasteiger partial charge on any atom is -0.506 e. The molecule has 0 atom stereocenters. The molecule has 2 aromatic carbocycles.